The molecular weight excluding hydrogens is 376 g/mol. The molecule has 5 aliphatic carbocycles. The predicted octanol–water partition coefficient (Wildman–Crippen LogP) is 8.02. The highest BCUT2D eigenvalue weighted by Crippen LogP contribution is 2.77. The van der Waals surface area contributed by atoms with Crippen LogP contribution in [0.15, 0.2) is 12.2 Å². The highest BCUT2D eigenvalue weighted by molar-refractivity contribution is 5.21. The van der Waals surface area contributed by atoms with Crippen molar-refractivity contribution in [3.8, 4) is 0 Å². The topological polar surface area (TPSA) is 20.2 Å². The van der Waals surface area contributed by atoms with Gasteiger partial charge in [0, 0.05) is 0 Å². The fourth-order valence-electron chi connectivity index (χ4n) is 11.5. The van der Waals surface area contributed by atoms with Gasteiger partial charge < -0.3 is 5.11 Å². The number of hydrogen-bond acceptors (Lipinski definition) is 1. The molecule has 0 aliphatic heterocycles. The Balaban J connectivity index is 1.54. The van der Waals surface area contributed by atoms with E-state index in [4.69, 9.17) is 0 Å². The number of rotatable bonds is 1. The average Bonchev–Trinajstić information content (AvgIpc) is 3.04. The minimum Gasteiger partial charge on any atom is -0.393 e. The first-order chi connectivity index (χ1) is 14.3. The van der Waals surface area contributed by atoms with Gasteiger partial charge in [0.25, 0.3) is 0 Å². The van der Waals surface area contributed by atoms with Crippen LogP contribution in [0.5, 0.6) is 0 Å². The first-order valence-corrected chi connectivity index (χ1v) is 13.6. The summed E-state index contributed by atoms with van der Waals surface area (Å²) in [7, 11) is 0. The lowest BCUT2D eigenvalue weighted by molar-refractivity contribution is -0.246. The van der Waals surface area contributed by atoms with Gasteiger partial charge in [-0.1, -0.05) is 53.7 Å². The standard InChI is InChI=1S/C30H50O/c1-19(2)20-11-14-27(5)17-18-29(7)21(25(20)27)9-10-23-28(6)15-13-24(31)26(3,4)22(28)12-16-30(23,29)8/h20-25,31H,1,9-18H2,2-8H3/t20-,21+,22-,23+,24-,25+,27+,28+,29+,30-/m0/s1. The van der Waals surface area contributed by atoms with Crippen LogP contribution >= 0.6 is 0 Å². The molecule has 0 aromatic carbocycles. The summed E-state index contributed by atoms with van der Waals surface area (Å²) in [5.74, 6) is 3.98. The molecule has 1 N–H and O–H groups in total. The molecule has 5 fully saturated rings. The van der Waals surface area contributed by atoms with Crippen molar-refractivity contribution < 1.29 is 5.11 Å². The molecule has 0 bridgehead atoms. The lowest BCUT2D eigenvalue weighted by atomic mass is 9.32. The Morgan fingerprint density at radius 2 is 1.45 bits per heavy atom. The fraction of sp³-hybridized carbons (Fsp3) is 0.933. The summed E-state index contributed by atoms with van der Waals surface area (Å²) in [6, 6.07) is 0. The van der Waals surface area contributed by atoms with Crippen molar-refractivity contribution in [2.24, 2.45) is 56.7 Å². The third kappa shape index (κ3) is 2.65. The van der Waals surface area contributed by atoms with E-state index >= 15 is 0 Å². The van der Waals surface area contributed by atoms with Gasteiger partial charge in [-0.3, -0.25) is 0 Å². The maximum atomic E-state index is 10.9. The van der Waals surface area contributed by atoms with Crippen LogP contribution in [0.4, 0.5) is 0 Å². The molecule has 5 saturated carbocycles. The summed E-state index contributed by atoms with van der Waals surface area (Å²) in [6.45, 7) is 22.3. The SMILES string of the molecule is C=C(C)[C@@H]1CC[C@]2(C)CC[C@]3(C)[C@H](CC[C@@H]4[C@]5(C)CC[C@H](O)C(C)(C)[C@@H]5CC[C@@]43C)[C@@H]12. The van der Waals surface area contributed by atoms with E-state index in [1.807, 2.05) is 0 Å². The Hall–Kier alpha value is -0.300. The lowest BCUT2D eigenvalue weighted by Crippen LogP contribution is -2.66. The monoisotopic (exact) mass is 426 g/mol. The third-order valence-electron chi connectivity index (χ3n) is 13.5. The lowest BCUT2D eigenvalue weighted by Gasteiger charge is -2.73. The van der Waals surface area contributed by atoms with E-state index in [0.717, 1.165) is 30.1 Å². The minimum atomic E-state index is -0.118. The van der Waals surface area contributed by atoms with Crippen LogP contribution in [0.3, 0.4) is 0 Å². The van der Waals surface area contributed by atoms with Crippen molar-refractivity contribution in [1.29, 1.82) is 0 Å². The van der Waals surface area contributed by atoms with Gasteiger partial charge in [0.1, 0.15) is 0 Å². The summed E-state index contributed by atoms with van der Waals surface area (Å²) in [4.78, 5) is 0. The highest BCUT2D eigenvalue weighted by atomic mass is 16.3. The van der Waals surface area contributed by atoms with Crippen LogP contribution in [0, 0.1) is 56.7 Å². The summed E-state index contributed by atoms with van der Waals surface area (Å²) in [5.41, 5.74) is 3.38. The van der Waals surface area contributed by atoms with E-state index in [1.165, 1.54) is 63.4 Å². The molecule has 0 radical (unpaired) electrons. The van der Waals surface area contributed by atoms with Crippen molar-refractivity contribution in [3.63, 3.8) is 0 Å². The summed E-state index contributed by atoms with van der Waals surface area (Å²) >= 11 is 0. The quantitative estimate of drug-likeness (QED) is 0.421. The van der Waals surface area contributed by atoms with Gasteiger partial charge in [0.2, 0.25) is 0 Å². The van der Waals surface area contributed by atoms with E-state index in [2.05, 4.69) is 55.0 Å². The van der Waals surface area contributed by atoms with Gasteiger partial charge in [-0.25, -0.2) is 0 Å². The Kier molecular flexibility index (Phi) is 4.82. The number of hydrogen-bond donors (Lipinski definition) is 1. The first kappa shape index (κ1) is 22.5. The zero-order valence-electron chi connectivity index (χ0n) is 21.7. The van der Waals surface area contributed by atoms with Gasteiger partial charge in [-0.05, 0) is 128 Å². The van der Waals surface area contributed by atoms with Crippen LogP contribution in [0.25, 0.3) is 0 Å². The van der Waals surface area contributed by atoms with Crippen LogP contribution < -0.4 is 0 Å². The summed E-state index contributed by atoms with van der Waals surface area (Å²) in [5, 5.41) is 10.9. The van der Waals surface area contributed by atoms with Crippen LogP contribution in [0.2, 0.25) is 0 Å². The predicted molar refractivity (Wildman–Crippen MR) is 131 cm³/mol. The molecule has 0 saturated heterocycles. The number of fused-ring (bicyclic) bond motifs is 7. The van der Waals surface area contributed by atoms with Crippen LogP contribution in [0.1, 0.15) is 113 Å². The molecule has 5 rings (SSSR count). The van der Waals surface area contributed by atoms with Gasteiger partial charge >= 0.3 is 0 Å². The molecule has 1 heteroatoms. The van der Waals surface area contributed by atoms with Crippen molar-refractivity contribution in [2.75, 3.05) is 0 Å². The number of aliphatic hydroxyl groups excluding tert-OH is 1. The second-order valence-corrected chi connectivity index (χ2v) is 14.7. The normalized spacial score (nSPS) is 57.9. The molecule has 0 spiro atoms. The molecule has 0 unspecified atom stereocenters. The van der Waals surface area contributed by atoms with Crippen LogP contribution in [-0.4, -0.2) is 11.2 Å². The molecule has 31 heavy (non-hydrogen) atoms. The molecule has 5 aliphatic rings. The Morgan fingerprint density at radius 3 is 2.13 bits per heavy atom. The maximum Gasteiger partial charge on any atom is 0.0594 e. The van der Waals surface area contributed by atoms with E-state index in [-0.39, 0.29) is 11.5 Å². The third-order valence-corrected chi connectivity index (χ3v) is 13.5. The molecule has 1 nitrogen and oxygen atoms in total. The van der Waals surface area contributed by atoms with E-state index in [0.29, 0.717) is 27.6 Å². The van der Waals surface area contributed by atoms with Gasteiger partial charge in [-0.2, -0.15) is 0 Å². The molecule has 10 atom stereocenters. The van der Waals surface area contributed by atoms with Gasteiger partial charge in [0.05, 0.1) is 6.10 Å². The second-order valence-electron chi connectivity index (χ2n) is 14.7. The van der Waals surface area contributed by atoms with E-state index < -0.39 is 0 Å². The van der Waals surface area contributed by atoms with Crippen molar-refractivity contribution in [2.45, 2.75) is 119 Å². The van der Waals surface area contributed by atoms with Gasteiger partial charge in [0.15, 0.2) is 0 Å². The molecule has 0 heterocycles. The maximum absolute atomic E-state index is 10.9. The Morgan fingerprint density at radius 1 is 0.742 bits per heavy atom. The number of aliphatic hydroxyl groups is 1. The summed E-state index contributed by atoms with van der Waals surface area (Å²) in [6.07, 6.45) is 13.4. The molecule has 0 amide bonds. The smallest absolute Gasteiger partial charge is 0.0594 e. The zero-order chi connectivity index (χ0) is 22.6. The highest BCUT2D eigenvalue weighted by Gasteiger charge is 2.70. The summed E-state index contributed by atoms with van der Waals surface area (Å²) < 4.78 is 0. The van der Waals surface area contributed by atoms with Crippen molar-refractivity contribution in [1.82, 2.24) is 0 Å². The molecular formula is C30H50O. The fourth-order valence-corrected chi connectivity index (χ4v) is 11.5. The van der Waals surface area contributed by atoms with Crippen LogP contribution in [-0.2, 0) is 0 Å². The average molecular weight is 427 g/mol. The largest absolute Gasteiger partial charge is 0.393 e. The van der Waals surface area contributed by atoms with Gasteiger partial charge in [-0.15, -0.1) is 0 Å². The second kappa shape index (κ2) is 6.64. The molecule has 0 aromatic rings. The number of allylic oxidation sites excluding steroid dienone is 1. The molecule has 176 valence electrons. The van der Waals surface area contributed by atoms with E-state index in [9.17, 15) is 5.11 Å². The van der Waals surface area contributed by atoms with E-state index in [1.54, 1.807) is 0 Å². The molecule has 0 aromatic heterocycles. The van der Waals surface area contributed by atoms with Crippen molar-refractivity contribution >= 4 is 0 Å². The minimum absolute atomic E-state index is 0.0632. The Labute approximate surface area is 192 Å². The zero-order valence-corrected chi connectivity index (χ0v) is 21.7. The van der Waals surface area contributed by atoms with Crippen molar-refractivity contribution in [3.05, 3.63) is 12.2 Å². The first-order valence-electron chi connectivity index (χ1n) is 13.6. The Bertz CT molecular complexity index is 766.